The predicted molar refractivity (Wildman–Crippen MR) is 78.4 cm³/mol. The minimum absolute atomic E-state index is 0.129. The van der Waals surface area contributed by atoms with Crippen LogP contribution in [0.4, 0.5) is 0 Å². The first kappa shape index (κ1) is 16.0. The van der Waals surface area contributed by atoms with Crippen LogP contribution in [0.1, 0.15) is 13.3 Å². The summed E-state index contributed by atoms with van der Waals surface area (Å²) in [4.78, 5) is 23.3. The molecule has 0 aliphatic heterocycles. The second kappa shape index (κ2) is 8.98. The number of hydrogen-bond acceptors (Lipinski definition) is 4. The van der Waals surface area contributed by atoms with Gasteiger partial charge in [-0.2, -0.15) is 0 Å². The first-order chi connectivity index (χ1) is 9.63. The fourth-order valence-electron chi connectivity index (χ4n) is 1.36. The Bertz CT molecular complexity index is 506. The number of benzene rings is 1. The second-order valence-electron chi connectivity index (χ2n) is 3.74. The molecule has 0 aliphatic carbocycles. The van der Waals surface area contributed by atoms with Gasteiger partial charge in [-0.05, 0) is 24.5 Å². The number of esters is 1. The van der Waals surface area contributed by atoms with Gasteiger partial charge in [-0.1, -0.05) is 42.1 Å². The molecule has 0 radical (unpaired) electrons. The predicted octanol–water partition coefficient (Wildman–Crippen LogP) is 3.26. The van der Waals surface area contributed by atoms with Gasteiger partial charge in [0.05, 0.1) is 13.0 Å². The third-order valence-electron chi connectivity index (χ3n) is 2.20. The number of carbonyl (C=O) groups excluding carboxylic acids is 1. The summed E-state index contributed by atoms with van der Waals surface area (Å²) >= 11 is 1.48. The van der Waals surface area contributed by atoms with Gasteiger partial charge >= 0.3 is 11.9 Å². The van der Waals surface area contributed by atoms with Crippen LogP contribution in [0.15, 0.2) is 58.4 Å². The van der Waals surface area contributed by atoms with E-state index in [2.05, 4.69) is 0 Å². The zero-order valence-electron chi connectivity index (χ0n) is 11.1. The van der Waals surface area contributed by atoms with Gasteiger partial charge in [-0.3, -0.25) is 4.79 Å². The fraction of sp³-hybridized carbons (Fsp3) is 0.200. The molecular weight excluding hydrogens is 276 g/mol. The Balaban J connectivity index is 2.65. The molecule has 0 aliphatic rings. The zero-order valence-corrected chi connectivity index (χ0v) is 11.9. The minimum atomic E-state index is -1.06. The highest BCUT2D eigenvalue weighted by Crippen LogP contribution is 2.18. The van der Waals surface area contributed by atoms with Crippen molar-refractivity contribution >= 4 is 23.7 Å². The Kier molecular flexibility index (Phi) is 7.21. The molecule has 20 heavy (non-hydrogen) atoms. The van der Waals surface area contributed by atoms with Gasteiger partial charge in [0.2, 0.25) is 0 Å². The normalized spacial score (nSPS) is 11.6. The van der Waals surface area contributed by atoms with E-state index < -0.39 is 11.9 Å². The van der Waals surface area contributed by atoms with Crippen molar-refractivity contribution in [2.24, 2.45) is 0 Å². The van der Waals surface area contributed by atoms with E-state index in [1.165, 1.54) is 17.8 Å². The summed E-state index contributed by atoms with van der Waals surface area (Å²) in [5.41, 5.74) is 0.129. The maximum atomic E-state index is 11.5. The van der Waals surface area contributed by atoms with Gasteiger partial charge in [0, 0.05) is 10.5 Å². The molecule has 106 valence electrons. The van der Waals surface area contributed by atoms with Crippen molar-refractivity contribution in [1.82, 2.24) is 0 Å². The van der Waals surface area contributed by atoms with Crippen LogP contribution >= 0.6 is 11.8 Å². The van der Waals surface area contributed by atoms with Crippen molar-refractivity contribution in [3.63, 3.8) is 0 Å². The van der Waals surface area contributed by atoms with E-state index in [1.807, 2.05) is 30.3 Å². The summed E-state index contributed by atoms with van der Waals surface area (Å²) in [6.07, 6.45) is 2.77. The van der Waals surface area contributed by atoms with Crippen molar-refractivity contribution in [1.29, 1.82) is 0 Å². The molecule has 0 fully saturated rings. The van der Waals surface area contributed by atoms with Gasteiger partial charge in [0.1, 0.15) is 0 Å². The number of carboxylic acid groups (broad SMARTS) is 1. The van der Waals surface area contributed by atoms with Crippen LogP contribution < -0.4 is 0 Å². The first-order valence-electron chi connectivity index (χ1n) is 6.09. The van der Waals surface area contributed by atoms with Crippen LogP contribution in [0, 0.1) is 0 Å². The average molecular weight is 292 g/mol. The highest BCUT2D eigenvalue weighted by atomic mass is 32.2. The second-order valence-corrected chi connectivity index (χ2v) is 4.72. The molecule has 0 heterocycles. The summed E-state index contributed by atoms with van der Waals surface area (Å²) in [5.74, 6) is -1.65. The Morgan fingerprint density at radius 1 is 1.30 bits per heavy atom. The number of rotatable bonds is 7. The third-order valence-corrected chi connectivity index (χ3v) is 3.04. The quantitative estimate of drug-likeness (QED) is 0.362. The molecule has 0 spiro atoms. The van der Waals surface area contributed by atoms with E-state index in [0.717, 1.165) is 4.90 Å². The molecule has 5 heteroatoms. The lowest BCUT2D eigenvalue weighted by atomic mass is 10.2. The Hall–Kier alpha value is -2.01. The summed E-state index contributed by atoms with van der Waals surface area (Å²) < 4.78 is 4.81. The van der Waals surface area contributed by atoms with E-state index >= 15 is 0 Å². The van der Waals surface area contributed by atoms with Crippen LogP contribution in [0.2, 0.25) is 0 Å². The van der Waals surface area contributed by atoms with Gasteiger partial charge in [0.25, 0.3) is 0 Å². The fourth-order valence-corrected chi connectivity index (χ4v) is 1.99. The van der Waals surface area contributed by atoms with Crippen molar-refractivity contribution in [2.75, 3.05) is 6.61 Å². The molecule has 0 atom stereocenters. The van der Waals surface area contributed by atoms with Crippen molar-refractivity contribution < 1.29 is 19.4 Å². The SMILES string of the molecule is CCOC(=O)/C(=C/C=C\Sc1ccccc1)CC(=O)O. The highest BCUT2D eigenvalue weighted by molar-refractivity contribution is 8.02. The smallest absolute Gasteiger partial charge is 0.334 e. The van der Waals surface area contributed by atoms with Gasteiger partial charge in [0.15, 0.2) is 0 Å². The molecule has 0 amide bonds. The molecule has 4 nitrogen and oxygen atoms in total. The molecule has 1 aromatic carbocycles. The number of ether oxygens (including phenoxy) is 1. The van der Waals surface area contributed by atoms with Gasteiger partial charge < -0.3 is 9.84 Å². The van der Waals surface area contributed by atoms with Crippen molar-refractivity contribution in [3.05, 3.63) is 53.5 Å². The zero-order chi connectivity index (χ0) is 14.8. The number of carboxylic acids is 1. The third kappa shape index (κ3) is 6.24. The number of carbonyl (C=O) groups is 2. The summed E-state index contributed by atoms with van der Waals surface area (Å²) in [5, 5.41) is 10.5. The van der Waals surface area contributed by atoms with Gasteiger partial charge in [-0.25, -0.2) is 4.79 Å². The van der Waals surface area contributed by atoms with E-state index in [9.17, 15) is 9.59 Å². The molecule has 1 aromatic rings. The lowest BCUT2D eigenvalue weighted by Gasteiger charge is -2.03. The number of hydrogen-bond donors (Lipinski definition) is 1. The Morgan fingerprint density at radius 2 is 2.00 bits per heavy atom. The van der Waals surface area contributed by atoms with E-state index in [1.54, 1.807) is 18.4 Å². The molecule has 1 rings (SSSR count). The summed E-state index contributed by atoms with van der Waals surface area (Å²) in [7, 11) is 0. The van der Waals surface area contributed by atoms with Crippen LogP contribution in [0.3, 0.4) is 0 Å². The minimum Gasteiger partial charge on any atom is -0.481 e. The average Bonchev–Trinajstić information content (AvgIpc) is 2.43. The lowest BCUT2D eigenvalue weighted by molar-refractivity contribution is -0.142. The summed E-state index contributed by atoms with van der Waals surface area (Å²) in [6, 6.07) is 9.71. The number of thioether (sulfide) groups is 1. The molecule has 0 bridgehead atoms. The largest absolute Gasteiger partial charge is 0.481 e. The lowest BCUT2D eigenvalue weighted by Crippen LogP contribution is -2.11. The monoisotopic (exact) mass is 292 g/mol. The topological polar surface area (TPSA) is 63.6 Å². The number of allylic oxidation sites excluding steroid dienone is 2. The number of aliphatic carboxylic acids is 1. The van der Waals surface area contributed by atoms with Crippen LogP contribution in [-0.2, 0) is 14.3 Å². The van der Waals surface area contributed by atoms with Crippen LogP contribution in [0.25, 0.3) is 0 Å². The standard InChI is InChI=1S/C15H16O4S/c1-2-19-15(18)12(11-14(16)17)7-6-10-20-13-8-4-3-5-9-13/h3-10H,2,11H2,1H3,(H,16,17)/b10-6-,12-7+. The van der Waals surface area contributed by atoms with Gasteiger partial charge in [-0.15, -0.1) is 0 Å². The van der Waals surface area contributed by atoms with Crippen LogP contribution in [0.5, 0.6) is 0 Å². The molecule has 0 unspecified atom stereocenters. The maximum absolute atomic E-state index is 11.5. The Morgan fingerprint density at radius 3 is 2.60 bits per heavy atom. The van der Waals surface area contributed by atoms with Crippen LogP contribution in [-0.4, -0.2) is 23.7 Å². The molecule has 0 saturated heterocycles. The van der Waals surface area contributed by atoms with E-state index in [0.29, 0.717) is 0 Å². The molecule has 1 N–H and O–H groups in total. The van der Waals surface area contributed by atoms with Crippen molar-refractivity contribution in [2.45, 2.75) is 18.2 Å². The highest BCUT2D eigenvalue weighted by Gasteiger charge is 2.13. The Labute approximate surface area is 122 Å². The van der Waals surface area contributed by atoms with E-state index in [4.69, 9.17) is 9.84 Å². The summed E-state index contributed by atoms with van der Waals surface area (Å²) in [6.45, 7) is 1.90. The molecule has 0 aromatic heterocycles. The molecular formula is C15H16O4S. The van der Waals surface area contributed by atoms with E-state index in [-0.39, 0.29) is 18.6 Å². The maximum Gasteiger partial charge on any atom is 0.334 e. The first-order valence-corrected chi connectivity index (χ1v) is 6.97. The van der Waals surface area contributed by atoms with Crippen molar-refractivity contribution in [3.8, 4) is 0 Å². The molecule has 0 saturated carbocycles.